The molecule has 0 radical (unpaired) electrons. The summed E-state index contributed by atoms with van der Waals surface area (Å²) in [7, 11) is 6.19. The normalized spacial score (nSPS) is 22.6. The van der Waals surface area contributed by atoms with Crippen molar-refractivity contribution in [3.8, 4) is 35.0 Å². The van der Waals surface area contributed by atoms with Crippen LogP contribution in [0.1, 0.15) is 104 Å². The highest BCUT2D eigenvalue weighted by Gasteiger charge is 2.42. The van der Waals surface area contributed by atoms with E-state index in [1.807, 2.05) is 38.1 Å². The van der Waals surface area contributed by atoms with Crippen molar-refractivity contribution >= 4 is 23.4 Å². The largest absolute Gasteiger partial charge is 0.493 e. The van der Waals surface area contributed by atoms with Crippen molar-refractivity contribution in [1.29, 1.82) is 0 Å². The Morgan fingerprint density at radius 3 is 1.48 bits per heavy atom. The summed E-state index contributed by atoms with van der Waals surface area (Å²) >= 11 is 0. The Morgan fingerprint density at radius 1 is 0.619 bits per heavy atom. The first-order valence-corrected chi connectivity index (χ1v) is 21.3. The maximum atomic E-state index is 13.4. The third-order valence-electron chi connectivity index (χ3n) is 12.1. The topological polar surface area (TPSA) is 204 Å². The quantitative estimate of drug-likeness (QED) is 0.150. The van der Waals surface area contributed by atoms with E-state index in [2.05, 4.69) is 19.9 Å². The summed E-state index contributed by atoms with van der Waals surface area (Å²) in [5.74, 6) is 0.520. The highest BCUT2D eigenvalue weighted by Crippen LogP contribution is 2.47. The van der Waals surface area contributed by atoms with Crippen LogP contribution in [0, 0.1) is 0 Å². The van der Waals surface area contributed by atoms with E-state index in [1.54, 1.807) is 39.0 Å². The molecule has 1 unspecified atom stereocenters. The number of nitrogens with zero attached hydrogens (tertiary/aromatic N) is 6. The van der Waals surface area contributed by atoms with Gasteiger partial charge in [-0.25, -0.2) is 24.7 Å². The van der Waals surface area contributed by atoms with Gasteiger partial charge < -0.3 is 43.0 Å². The molecule has 4 aliphatic rings. The Morgan fingerprint density at radius 2 is 1.06 bits per heavy atom. The predicted octanol–water partition coefficient (Wildman–Crippen LogP) is 5.35. The van der Waals surface area contributed by atoms with Crippen LogP contribution in [0.15, 0.2) is 59.0 Å². The molecule has 2 fully saturated rings. The average molecular weight is 865 g/mol. The average Bonchev–Trinajstić information content (AvgIpc) is 3.31. The van der Waals surface area contributed by atoms with Gasteiger partial charge in [0, 0.05) is 58.9 Å². The van der Waals surface area contributed by atoms with Crippen LogP contribution in [0.25, 0.3) is 0 Å². The zero-order valence-corrected chi connectivity index (χ0v) is 36.2. The predicted molar refractivity (Wildman–Crippen MR) is 228 cm³/mol. The zero-order valence-electron chi connectivity index (χ0n) is 36.2. The standard InChI is InChI=1S/C46H52N6O11/c1-7-60-39-15-28-30-13-26(9-11-34(30)51-42(32(28)17-37(39)56-3)24-20-47-45(58-5)48-21-24)62-41(54)19-36(53)44(55)63-27-10-12-35-31(14-27)29-16-40(61-8-2)38(57-4)18-33(29)43(52-35)25-22-49-46(59-6)50-23-25/h15-18,20-23,26-27,30-31,34-36,53H,7-14,19H2,1-6H3/t26-,27-,30-,31-,34-,35-,36?/m0/s1. The molecular weight excluding hydrogens is 813 g/mol. The van der Waals surface area contributed by atoms with E-state index in [4.69, 9.17) is 47.9 Å². The maximum absolute atomic E-state index is 13.4. The van der Waals surface area contributed by atoms with Crippen LogP contribution in [0.4, 0.5) is 0 Å². The molecule has 2 aromatic heterocycles. The monoisotopic (exact) mass is 864 g/mol. The fraction of sp³-hybridized carbons (Fsp3) is 0.478. The van der Waals surface area contributed by atoms with Crippen LogP contribution in [-0.4, -0.2) is 120 Å². The van der Waals surface area contributed by atoms with Gasteiger partial charge in [-0.05, 0) is 87.8 Å². The molecule has 0 spiro atoms. The van der Waals surface area contributed by atoms with E-state index in [1.165, 1.54) is 14.2 Å². The lowest BCUT2D eigenvalue weighted by molar-refractivity contribution is -0.167. The lowest BCUT2D eigenvalue weighted by atomic mass is 9.74. The molecule has 332 valence electrons. The highest BCUT2D eigenvalue weighted by molar-refractivity contribution is 6.15. The van der Waals surface area contributed by atoms with Crippen LogP contribution < -0.4 is 28.4 Å². The van der Waals surface area contributed by atoms with Gasteiger partial charge >= 0.3 is 24.0 Å². The Hall–Kier alpha value is -6.36. The molecule has 2 saturated carbocycles. The van der Waals surface area contributed by atoms with E-state index >= 15 is 0 Å². The Bertz CT molecular complexity index is 2370. The molecule has 63 heavy (non-hydrogen) atoms. The number of ether oxygens (including phenoxy) is 8. The summed E-state index contributed by atoms with van der Waals surface area (Å²) in [6.45, 7) is 4.70. The lowest BCUT2D eigenvalue weighted by Gasteiger charge is -2.39. The molecule has 0 saturated heterocycles. The number of aromatic nitrogens is 4. The summed E-state index contributed by atoms with van der Waals surface area (Å²) in [5.41, 5.74) is 6.52. The first kappa shape index (κ1) is 43.3. The number of benzene rings is 2. The molecule has 7 atom stereocenters. The second-order valence-corrected chi connectivity index (χ2v) is 15.8. The minimum absolute atomic E-state index is 0.106. The van der Waals surface area contributed by atoms with Crippen LogP contribution in [0.5, 0.6) is 35.0 Å². The number of aliphatic hydroxyl groups is 1. The molecule has 17 heteroatoms. The highest BCUT2D eigenvalue weighted by atomic mass is 16.6. The molecule has 4 aromatic rings. The number of rotatable bonds is 15. The second kappa shape index (κ2) is 18.9. The van der Waals surface area contributed by atoms with Crippen molar-refractivity contribution in [2.45, 2.75) is 101 Å². The minimum Gasteiger partial charge on any atom is -0.493 e. The maximum Gasteiger partial charge on any atom is 0.335 e. The molecular formula is C46H52N6O11. The minimum atomic E-state index is -1.70. The fourth-order valence-corrected chi connectivity index (χ4v) is 9.19. The number of methoxy groups -OCH3 is 4. The Balaban J connectivity index is 0.931. The molecule has 2 aliphatic carbocycles. The second-order valence-electron chi connectivity index (χ2n) is 15.8. The molecule has 2 aromatic carbocycles. The van der Waals surface area contributed by atoms with Crippen molar-refractivity contribution < 1.29 is 52.6 Å². The number of fused-ring (bicyclic) bond motifs is 6. The van der Waals surface area contributed by atoms with Crippen LogP contribution in [-0.2, 0) is 19.1 Å². The molecule has 0 bridgehead atoms. The van der Waals surface area contributed by atoms with Gasteiger partial charge in [0.25, 0.3) is 0 Å². The molecule has 0 amide bonds. The first-order chi connectivity index (χ1) is 30.6. The van der Waals surface area contributed by atoms with E-state index in [0.717, 1.165) is 44.8 Å². The summed E-state index contributed by atoms with van der Waals surface area (Å²) in [6, 6.07) is 8.03. The fourth-order valence-electron chi connectivity index (χ4n) is 9.19. The number of aliphatic hydroxyl groups excluding tert-OH is 1. The molecule has 2 aliphatic heterocycles. The van der Waals surface area contributed by atoms with E-state index in [0.29, 0.717) is 74.7 Å². The van der Waals surface area contributed by atoms with Crippen molar-refractivity contribution in [3.63, 3.8) is 0 Å². The third-order valence-corrected chi connectivity index (χ3v) is 12.1. The van der Waals surface area contributed by atoms with Crippen LogP contribution in [0.3, 0.4) is 0 Å². The lowest BCUT2D eigenvalue weighted by Crippen LogP contribution is -2.39. The number of esters is 2. The van der Waals surface area contributed by atoms with E-state index in [9.17, 15) is 14.7 Å². The molecule has 4 heterocycles. The number of carbonyl (C=O) groups is 2. The van der Waals surface area contributed by atoms with Gasteiger partial charge in [0.05, 0.1) is 71.6 Å². The summed E-state index contributed by atoms with van der Waals surface area (Å²) < 4.78 is 45.5. The van der Waals surface area contributed by atoms with Gasteiger partial charge in [0.15, 0.2) is 29.1 Å². The Labute approximate surface area is 365 Å². The molecule has 1 N–H and O–H groups in total. The zero-order chi connectivity index (χ0) is 44.2. The molecule has 8 rings (SSSR count). The SMILES string of the molecule is CCOc1cc2c(cc1OC)C(c1cnc(OC)nc1)=N[C@H]1CC[C@H](OC(=O)CC(O)C(=O)O[C@H]3CC[C@@H]4N=C(c5cnc(OC)nc5)c5cc(OC)c(OCC)cc5[C@@H]4C3)C[C@@H]21. The summed E-state index contributed by atoms with van der Waals surface area (Å²) in [4.78, 5) is 54.3. The van der Waals surface area contributed by atoms with Gasteiger partial charge in [0.1, 0.15) is 12.2 Å². The van der Waals surface area contributed by atoms with Crippen LogP contribution in [0.2, 0.25) is 0 Å². The Kier molecular flexibility index (Phi) is 13.0. The third kappa shape index (κ3) is 8.96. The van der Waals surface area contributed by atoms with Gasteiger partial charge in [-0.2, -0.15) is 0 Å². The van der Waals surface area contributed by atoms with Crippen molar-refractivity contribution in [2.75, 3.05) is 41.7 Å². The van der Waals surface area contributed by atoms with Gasteiger partial charge in [-0.1, -0.05) is 0 Å². The number of hydrogen-bond acceptors (Lipinski definition) is 17. The number of hydrogen-bond donors (Lipinski definition) is 1. The smallest absolute Gasteiger partial charge is 0.335 e. The van der Waals surface area contributed by atoms with Crippen LogP contribution >= 0.6 is 0 Å². The molecule has 17 nitrogen and oxygen atoms in total. The first-order valence-electron chi connectivity index (χ1n) is 21.3. The van der Waals surface area contributed by atoms with E-state index < -0.39 is 36.7 Å². The van der Waals surface area contributed by atoms with Crippen molar-refractivity contribution in [3.05, 3.63) is 82.4 Å². The van der Waals surface area contributed by atoms with Gasteiger partial charge in [0.2, 0.25) is 0 Å². The number of aliphatic imine (C=N–C) groups is 2. The van der Waals surface area contributed by atoms with E-state index in [-0.39, 0.29) is 35.9 Å². The van der Waals surface area contributed by atoms with Crippen molar-refractivity contribution in [2.24, 2.45) is 9.98 Å². The summed E-state index contributed by atoms with van der Waals surface area (Å²) in [5, 5.41) is 11.0. The van der Waals surface area contributed by atoms with Crippen molar-refractivity contribution in [1.82, 2.24) is 19.9 Å². The van der Waals surface area contributed by atoms with Gasteiger partial charge in [-0.3, -0.25) is 14.8 Å². The van der Waals surface area contributed by atoms with Gasteiger partial charge in [-0.15, -0.1) is 0 Å². The number of carbonyl (C=O) groups excluding carboxylic acids is 2. The summed E-state index contributed by atoms with van der Waals surface area (Å²) in [6.07, 6.45) is 6.74.